The van der Waals surface area contributed by atoms with Crippen LogP contribution in [0.25, 0.3) is 21.8 Å². The second-order valence-electron chi connectivity index (χ2n) is 10.2. The number of rotatable bonds is 7. The SMILES string of the molecule is CC(C)(C)CCCCCC(=O)[O-].O=C([O-])c1ccc2cccc(O)c2n1.O=C([O-])c1ccc2cccc(O)c2n1.[Bi+3]. The molecular weight excluding hydrogens is 725 g/mol. The molecule has 2 N–H and O–H groups in total. The van der Waals surface area contributed by atoms with Gasteiger partial charge in [-0.05, 0) is 48.9 Å². The molecule has 41 heavy (non-hydrogen) atoms. The minimum atomic E-state index is -1.35. The van der Waals surface area contributed by atoms with Gasteiger partial charge in [0.1, 0.15) is 22.5 Å². The molecule has 2 aromatic heterocycles. The number of phenols is 2. The fraction of sp³-hybridized carbons (Fsp3) is 0.300. The van der Waals surface area contributed by atoms with Crippen molar-refractivity contribution in [3.05, 3.63) is 72.1 Å². The van der Waals surface area contributed by atoms with Crippen molar-refractivity contribution in [1.29, 1.82) is 0 Å². The number of carbonyl (C=O) groups is 3. The molecule has 2 heterocycles. The third kappa shape index (κ3) is 12.1. The van der Waals surface area contributed by atoms with E-state index in [9.17, 15) is 39.9 Å². The summed E-state index contributed by atoms with van der Waals surface area (Å²) in [6, 6.07) is 15.6. The van der Waals surface area contributed by atoms with E-state index in [2.05, 4.69) is 30.7 Å². The summed E-state index contributed by atoms with van der Waals surface area (Å²) in [5, 5.41) is 51.2. The summed E-state index contributed by atoms with van der Waals surface area (Å²) in [6.45, 7) is 6.60. The number of hydrogen-bond acceptors (Lipinski definition) is 10. The van der Waals surface area contributed by atoms with E-state index in [-0.39, 0.29) is 66.5 Å². The maximum Gasteiger partial charge on any atom is 3.00 e. The van der Waals surface area contributed by atoms with Crippen LogP contribution in [0.3, 0.4) is 0 Å². The molecule has 0 saturated heterocycles. The Morgan fingerprint density at radius 2 is 1.12 bits per heavy atom. The molecule has 0 saturated carbocycles. The molecule has 0 atom stereocenters. The summed E-state index contributed by atoms with van der Waals surface area (Å²) in [5.41, 5.74) is 0.558. The minimum absolute atomic E-state index is 0. The molecule has 214 valence electrons. The second kappa shape index (κ2) is 16.4. The second-order valence-corrected chi connectivity index (χ2v) is 10.2. The Labute approximate surface area is 256 Å². The number of aromatic hydroxyl groups is 2. The van der Waals surface area contributed by atoms with Crippen LogP contribution in [-0.2, 0) is 4.79 Å². The van der Waals surface area contributed by atoms with Gasteiger partial charge in [-0.3, -0.25) is 0 Å². The monoisotopic (exact) mass is 756 g/mol. The summed E-state index contributed by atoms with van der Waals surface area (Å²) >= 11 is 0. The van der Waals surface area contributed by atoms with E-state index in [1.165, 1.54) is 30.7 Å². The Bertz CT molecular complexity index is 1390. The molecule has 4 rings (SSSR count). The fourth-order valence-corrected chi connectivity index (χ4v) is 3.59. The van der Waals surface area contributed by atoms with Gasteiger partial charge in [-0.1, -0.05) is 70.0 Å². The Morgan fingerprint density at radius 3 is 1.49 bits per heavy atom. The molecule has 2 aromatic carbocycles. The zero-order valence-corrected chi connectivity index (χ0v) is 26.5. The smallest absolute Gasteiger partial charge is 0.550 e. The van der Waals surface area contributed by atoms with E-state index in [1.807, 2.05) is 0 Å². The maximum atomic E-state index is 10.5. The molecule has 0 aliphatic carbocycles. The Hall–Kier alpha value is -3.85. The van der Waals surface area contributed by atoms with Crippen LogP contribution in [0.4, 0.5) is 0 Å². The number of phenolic OH excluding ortho intramolecular Hbond substituents is 2. The maximum absolute atomic E-state index is 10.5. The zero-order chi connectivity index (χ0) is 29.9. The number of unbranched alkanes of at least 4 members (excludes halogenated alkanes) is 2. The summed E-state index contributed by atoms with van der Waals surface area (Å²) in [6.07, 6.45) is 4.27. The molecule has 11 heteroatoms. The first-order valence-corrected chi connectivity index (χ1v) is 12.6. The van der Waals surface area contributed by atoms with Gasteiger partial charge in [-0.25, -0.2) is 9.97 Å². The first-order chi connectivity index (χ1) is 18.8. The van der Waals surface area contributed by atoms with Gasteiger partial charge in [0, 0.05) is 16.7 Å². The molecule has 2 radical (unpaired) electrons. The number of nitrogens with zero attached hydrogens (tertiary/aromatic N) is 2. The van der Waals surface area contributed by atoms with Crippen LogP contribution in [0.2, 0.25) is 0 Å². The topological polar surface area (TPSA) is 187 Å². The van der Waals surface area contributed by atoms with E-state index in [1.54, 1.807) is 36.4 Å². The van der Waals surface area contributed by atoms with Gasteiger partial charge in [-0.15, -0.1) is 0 Å². The van der Waals surface area contributed by atoms with E-state index in [4.69, 9.17) is 0 Å². The Balaban J connectivity index is 0.000000306. The molecule has 0 fully saturated rings. The van der Waals surface area contributed by atoms with Crippen LogP contribution >= 0.6 is 0 Å². The number of hydrogen-bond donors (Lipinski definition) is 2. The number of para-hydroxylation sites is 2. The molecule has 0 aliphatic rings. The normalized spacial score (nSPS) is 10.4. The molecule has 10 nitrogen and oxygen atoms in total. The quantitative estimate of drug-likeness (QED) is 0.209. The van der Waals surface area contributed by atoms with Gasteiger partial charge in [0.15, 0.2) is 0 Å². The number of fused-ring (bicyclic) bond motifs is 2. The predicted octanol–water partition coefficient (Wildman–Crippen LogP) is 1.96. The number of aromatic carboxylic acids is 2. The predicted molar refractivity (Wildman–Crippen MR) is 149 cm³/mol. The fourth-order valence-electron chi connectivity index (χ4n) is 3.59. The van der Waals surface area contributed by atoms with Gasteiger partial charge in [-0.2, -0.15) is 0 Å². The van der Waals surface area contributed by atoms with E-state index >= 15 is 0 Å². The van der Waals surface area contributed by atoms with Crippen LogP contribution in [0.5, 0.6) is 11.5 Å². The summed E-state index contributed by atoms with van der Waals surface area (Å²) in [7, 11) is 0. The molecule has 0 bridgehead atoms. The average Bonchev–Trinajstić information content (AvgIpc) is 2.88. The number of carboxylic acid groups (broad SMARTS) is 3. The molecule has 0 spiro atoms. The van der Waals surface area contributed by atoms with Crippen molar-refractivity contribution in [2.24, 2.45) is 5.41 Å². The number of benzene rings is 2. The minimum Gasteiger partial charge on any atom is -0.550 e. The van der Waals surface area contributed by atoms with Gasteiger partial charge in [0.2, 0.25) is 0 Å². The van der Waals surface area contributed by atoms with Gasteiger partial charge < -0.3 is 39.9 Å². The van der Waals surface area contributed by atoms with Gasteiger partial charge in [0.05, 0.1) is 23.3 Å². The molecule has 0 aliphatic heterocycles. The number of aromatic nitrogens is 2. The summed E-state index contributed by atoms with van der Waals surface area (Å²) in [5.74, 6) is -3.70. The van der Waals surface area contributed by atoms with E-state index < -0.39 is 17.9 Å². The largest absolute Gasteiger partial charge is 3.00 e. The van der Waals surface area contributed by atoms with Crippen molar-refractivity contribution >= 4 is 65.9 Å². The standard InChI is InChI=1S/2C10H7NO3.C10H20O2.Bi/c2*12-8-3-1-2-6-4-5-7(10(13)14)11-9(6)8;1-10(2,3)8-6-4-5-7-9(11)12;/h2*1-5,12H,(H,13,14);4-8H2,1-3H3,(H,11,12);/q;;;+3/p-3. The van der Waals surface area contributed by atoms with Crippen molar-refractivity contribution in [2.45, 2.75) is 52.9 Å². The Morgan fingerprint density at radius 1 is 0.683 bits per heavy atom. The van der Waals surface area contributed by atoms with Crippen molar-refractivity contribution < 1.29 is 39.9 Å². The number of carboxylic acids is 3. The van der Waals surface area contributed by atoms with E-state index in [0.717, 1.165) is 19.3 Å². The van der Waals surface area contributed by atoms with E-state index in [0.29, 0.717) is 16.2 Å². The van der Waals surface area contributed by atoms with Crippen molar-refractivity contribution in [3.8, 4) is 11.5 Å². The number of pyridine rings is 2. The zero-order valence-electron chi connectivity index (χ0n) is 23.0. The van der Waals surface area contributed by atoms with Crippen LogP contribution in [-0.4, -0.2) is 64.3 Å². The molecule has 0 unspecified atom stereocenters. The molecule has 4 aromatic rings. The third-order valence-electron chi connectivity index (χ3n) is 5.62. The first-order valence-electron chi connectivity index (χ1n) is 12.6. The number of aliphatic carboxylic acids is 1. The Kier molecular flexibility index (Phi) is 14.1. The summed E-state index contributed by atoms with van der Waals surface area (Å²) in [4.78, 5) is 38.6. The van der Waals surface area contributed by atoms with Crippen LogP contribution in [0.1, 0.15) is 73.9 Å². The van der Waals surface area contributed by atoms with Crippen molar-refractivity contribution in [2.75, 3.05) is 0 Å². The van der Waals surface area contributed by atoms with Crippen molar-refractivity contribution in [3.63, 3.8) is 0 Å². The first kappa shape index (κ1) is 35.2. The summed E-state index contributed by atoms with van der Waals surface area (Å²) < 4.78 is 0. The number of carbonyl (C=O) groups excluding carboxylic acids is 3. The van der Waals surface area contributed by atoms with Gasteiger partial charge in [0.25, 0.3) is 0 Å². The third-order valence-corrected chi connectivity index (χ3v) is 5.62. The van der Waals surface area contributed by atoms with Crippen LogP contribution in [0, 0.1) is 5.41 Å². The van der Waals surface area contributed by atoms with Gasteiger partial charge >= 0.3 is 26.2 Å². The molecule has 0 amide bonds. The van der Waals surface area contributed by atoms with Crippen molar-refractivity contribution in [1.82, 2.24) is 9.97 Å². The molecular formula is C30H31BiN2O8. The van der Waals surface area contributed by atoms with Crippen LogP contribution in [0.15, 0.2) is 60.7 Å². The van der Waals surface area contributed by atoms with Crippen LogP contribution < -0.4 is 15.3 Å². The average molecular weight is 757 g/mol.